The fourth-order valence-electron chi connectivity index (χ4n) is 1.71. The second kappa shape index (κ2) is 5.77. The Bertz CT molecular complexity index is 542. The predicted octanol–water partition coefficient (Wildman–Crippen LogP) is 0.252. The van der Waals surface area contributed by atoms with Crippen LogP contribution in [0.2, 0.25) is 0 Å². The van der Waals surface area contributed by atoms with Gasteiger partial charge in [0.05, 0.1) is 5.56 Å². The number of nitrogens with one attached hydrogen (secondary N) is 1. The van der Waals surface area contributed by atoms with Gasteiger partial charge in [-0.3, -0.25) is 14.2 Å². The van der Waals surface area contributed by atoms with Gasteiger partial charge in [0.25, 0.3) is 5.56 Å². The number of nitrogens with zero attached hydrogens (tertiary/aromatic N) is 2. The minimum absolute atomic E-state index is 0.0197. The topological polar surface area (TPSA) is 75.2 Å². The number of carbonyl (C=O) groups excluding carboxylic acids is 1. The number of hydrogen-bond acceptors (Lipinski definition) is 4. The first kappa shape index (κ1) is 14.4. The average Bonchev–Trinajstić information content (AvgIpc) is 2.25. The molecule has 0 spiro atoms. The molecule has 0 bridgehead atoms. The van der Waals surface area contributed by atoms with Crippen molar-refractivity contribution < 1.29 is 4.79 Å². The van der Waals surface area contributed by atoms with Crippen molar-refractivity contribution in [2.75, 3.05) is 20.6 Å². The van der Waals surface area contributed by atoms with Crippen molar-refractivity contribution in [3.8, 4) is 0 Å². The molecule has 0 saturated carbocycles. The minimum Gasteiger partial charge on any atom is -0.313 e. The fourth-order valence-corrected chi connectivity index (χ4v) is 1.71. The second-order valence-corrected chi connectivity index (χ2v) is 4.68. The van der Waals surface area contributed by atoms with Crippen molar-refractivity contribution in [3.05, 3.63) is 32.6 Å². The monoisotopic (exact) mass is 253 g/mol. The van der Waals surface area contributed by atoms with E-state index in [-0.39, 0.29) is 17.4 Å². The Hall–Kier alpha value is -1.69. The Morgan fingerprint density at radius 1 is 1.44 bits per heavy atom. The van der Waals surface area contributed by atoms with Crippen LogP contribution in [-0.2, 0) is 0 Å². The van der Waals surface area contributed by atoms with E-state index in [4.69, 9.17) is 0 Å². The molecule has 1 unspecified atom stereocenters. The molecule has 0 aromatic carbocycles. The number of Topliss-reactive ketones (excluding diaryl/α,β-unsaturated/α-hetero) is 1. The Balaban J connectivity index is 3.15. The molecule has 18 heavy (non-hydrogen) atoms. The van der Waals surface area contributed by atoms with E-state index in [1.807, 2.05) is 19.0 Å². The maximum Gasteiger partial charge on any atom is 0.328 e. The van der Waals surface area contributed by atoms with Gasteiger partial charge < -0.3 is 9.88 Å². The van der Waals surface area contributed by atoms with Crippen LogP contribution in [0.25, 0.3) is 0 Å². The Morgan fingerprint density at radius 2 is 2.06 bits per heavy atom. The molecule has 6 nitrogen and oxygen atoms in total. The van der Waals surface area contributed by atoms with Crippen LogP contribution in [0, 0.1) is 0 Å². The number of aromatic nitrogens is 2. The molecule has 0 fully saturated rings. The third-order valence-electron chi connectivity index (χ3n) is 2.82. The Labute approximate surface area is 105 Å². The summed E-state index contributed by atoms with van der Waals surface area (Å²) in [5, 5.41) is 0. The van der Waals surface area contributed by atoms with Crippen molar-refractivity contribution in [2.24, 2.45) is 0 Å². The Kier molecular flexibility index (Phi) is 4.61. The lowest BCUT2D eigenvalue weighted by Crippen LogP contribution is -2.40. The number of aromatic amines is 1. The predicted molar refractivity (Wildman–Crippen MR) is 69.2 cm³/mol. The number of carbonyl (C=O) groups is 1. The summed E-state index contributed by atoms with van der Waals surface area (Å²) in [6.07, 6.45) is 1.85. The first-order valence-corrected chi connectivity index (χ1v) is 5.84. The van der Waals surface area contributed by atoms with Crippen molar-refractivity contribution in [1.29, 1.82) is 0 Å². The van der Waals surface area contributed by atoms with Gasteiger partial charge in [0.1, 0.15) is 0 Å². The molecule has 1 N–H and O–H groups in total. The van der Waals surface area contributed by atoms with Crippen LogP contribution in [0.5, 0.6) is 0 Å². The fraction of sp³-hybridized carbons (Fsp3) is 0.583. The van der Waals surface area contributed by atoms with E-state index in [1.165, 1.54) is 13.1 Å². The lowest BCUT2D eigenvalue weighted by Gasteiger charge is -2.17. The van der Waals surface area contributed by atoms with Gasteiger partial charge in [-0.05, 0) is 40.9 Å². The smallest absolute Gasteiger partial charge is 0.313 e. The molecule has 0 aliphatic rings. The van der Waals surface area contributed by atoms with Gasteiger partial charge in [0, 0.05) is 12.2 Å². The molecule has 1 heterocycles. The zero-order valence-corrected chi connectivity index (χ0v) is 11.2. The van der Waals surface area contributed by atoms with Crippen LogP contribution in [0.1, 0.15) is 36.7 Å². The molecular weight excluding hydrogens is 234 g/mol. The van der Waals surface area contributed by atoms with Crippen molar-refractivity contribution in [3.63, 3.8) is 0 Å². The lowest BCUT2D eigenvalue weighted by atomic mass is 10.2. The van der Waals surface area contributed by atoms with Gasteiger partial charge in [-0.25, -0.2) is 4.79 Å². The third-order valence-corrected chi connectivity index (χ3v) is 2.82. The summed E-state index contributed by atoms with van der Waals surface area (Å²) in [7, 11) is 3.84. The van der Waals surface area contributed by atoms with Crippen LogP contribution >= 0.6 is 0 Å². The highest BCUT2D eigenvalue weighted by Crippen LogP contribution is 2.05. The second-order valence-electron chi connectivity index (χ2n) is 4.68. The molecule has 1 aromatic rings. The van der Waals surface area contributed by atoms with Crippen molar-refractivity contribution in [1.82, 2.24) is 14.5 Å². The maximum atomic E-state index is 12.0. The van der Waals surface area contributed by atoms with Crippen molar-refractivity contribution >= 4 is 5.78 Å². The molecule has 1 aromatic heterocycles. The van der Waals surface area contributed by atoms with E-state index in [2.05, 4.69) is 4.98 Å². The largest absolute Gasteiger partial charge is 0.328 e. The lowest BCUT2D eigenvalue weighted by molar-refractivity contribution is 0.101. The summed E-state index contributed by atoms with van der Waals surface area (Å²) < 4.78 is 1.11. The number of H-pyrrole nitrogens is 1. The summed E-state index contributed by atoms with van der Waals surface area (Å²) in [4.78, 5) is 39.4. The van der Waals surface area contributed by atoms with E-state index < -0.39 is 11.2 Å². The minimum atomic E-state index is -0.516. The summed E-state index contributed by atoms with van der Waals surface area (Å²) in [5.41, 5.74) is -0.972. The standard InChI is InChI=1S/C12H19N3O3/c1-8(5-6-14(3)4)15-11(17)10(9(2)16)7-13-12(15)18/h7-8H,5-6H2,1-4H3,(H,13,18). The van der Waals surface area contributed by atoms with Gasteiger partial charge in [-0.1, -0.05) is 0 Å². The molecule has 0 radical (unpaired) electrons. The van der Waals surface area contributed by atoms with Gasteiger partial charge in [-0.15, -0.1) is 0 Å². The molecule has 0 aliphatic carbocycles. The quantitative estimate of drug-likeness (QED) is 0.763. The van der Waals surface area contributed by atoms with E-state index in [0.29, 0.717) is 6.42 Å². The van der Waals surface area contributed by atoms with E-state index in [0.717, 1.165) is 11.1 Å². The third kappa shape index (κ3) is 3.16. The molecule has 0 saturated heterocycles. The molecular formula is C12H19N3O3. The molecule has 1 atom stereocenters. The molecule has 0 aliphatic heterocycles. The Morgan fingerprint density at radius 3 is 2.56 bits per heavy atom. The average molecular weight is 253 g/mol. The number of rotatable bonds is 5. The highest BCUT2D eigenvalue weighted by molar-refractivity contribution is 5.93. The van der Waals surface area contributed by atoms with E-state index in [9.17, 15) is 14.4 Å². The maximum absolute atomic E-state index is 12.0. The summed E-state index contributed by atoms with van der Waals surface area (Å²) >= 11 is 0. The number of ketones is 1. The van der Waals surface area contributed by atoms with Crippen molar-refractivity contribution in [2.45, 2.75) is 26.3 Å². The zero-order valence-electron chi connectivity index (χ0n) is 11.2. The van der Waals surface area contributed by atoms with Gasteiger partial charge >= 0.3 is 5.69 Å². The SMILES string of the molecule is CC(=O)c1c[nH]c(=O)n(C(C)CCN(C)C)c1=O. The zero-order chi connectivity index (χ0) is 13.9. The molecule has 100 valence electrons. The van der Waals surface area contributed by atoms with E-state index in [1.54, 1.807) is 6.92 Å². The van der Waals surface area contributed by atoms with Crippen LogP contribution in [0.15, 0.2) is 15.8 Å². The highest BCUT2D eigenvalue weighted by atomic mass is 16.2. The molecule has 0 amide bonds. The first-order valence-electron chi connectivity index (χ1n) is 5.84. The summed E-state index contributed by atoms with van der Waals surface area (Å²) in [5.74, 6) is -0.343. The van der Waals surface area contributed by atoms with Crippen LogP contribution < -0.4 is 11.2 Å². The van der Waals surface area contributed by atoms with Gasteiger partial charge in [0.2, 0.25) is 0 Å². The van der Waals surface area contributed by atoms with E-state index >= 15 is 0 Å². The molecule has 6 heteroatoms. The first-order chi connectivity index (χ1) is 8.34. The van der Waals surface area contributed by atoms with Crippen LogP contribution in [0.3, 0.4) is 0 Å². The summed E-state index contributed by atoms with van der Waals surface area (Å²) in [6.45, 7) is 3.87. The van der Waals surface area contributed by atoms with Gasteiger partial charge in [-0.2, -0.15) is 0 Å². The normalized spacial score (nSPS) is 12.7. The van der Waals surface area contributed by atoms with Crippen LogP contribution in [0.4, 0.5) is 0 Å². The van der Waals surface area contributed by atoms with Gasteiger partial charge in [0.15, 0.2) is 5.78 Å². The molecule has 1 rings (SSSR count). The highest BCUT2D eigenvalue weighted by Gasteiger charge is 2.15. The number of hydrogen-bond donors (Lipinski definition) is 1. The summed E-state index contributed by atoms with van der Waals surface area (Å²) in [6, 6.07) is -0.247. The van der Waals surface area contributed by atoms with Crippen LogP contribution in [-0.4, -0.2) is 40.9 Å².